The number of nitrogens with zero attached hydrogens (tertiary/aromatic N) is 2. The van der Waals surface area contributed by atoms with Crippen LogP contribution >= 0.6 is 0 Å². The summed E-state index contributed by atoms with van der Waals surface area (Å²) in [5.74, 6) is -0.597. The molecule has 0 aromatic carbocycles. The summed E-state index contributed by atoms with van der Waals surface area (Å²) in [6.07, 6.45) is 1.28. The van der Waals surface area contributed by atoms with E-state index >= 15 is 0 Å². The average molecular weight is 266 g/mol. The molecule has 104 valence electrons. The lowest BCUT2D eigenvalue weighted by Gasteiger charge is -2.35. The van der Waals surface area contributed by atoms with Gasteiger partial charge in [-0.05, 0) is 19.9 Å². The zero-order valence-electron chi connectivity index (χ0n) is 11.2. The number of hydrogen-bond acceptors (Lipinski definition) is 5. The van der Waals surface area contributed by atoms with Crippen molar-refractivity contribution in [1.82, 2.24) is 9.97 Å². The molecule has 0 radical (unpaired) electrons. The molecule has 6 nitrogen and oxygen atoms in total. The number of rotatable bonds is 4. The van der Waals surface area contributed by atoms with Gasteiger partial charge in [-0.25, -0.2) is 14.8 Å². The Hall–Kier alpha value is -1.53. The number of carboxylic acids is 1. The van der Waals surface area contributed by atoms with Crippen LogP contribution in [0.3, 0.4) is 0 Å². The van der Waals surface area contributed by atoms with Crippen LogP contribution in [0.25, 0.3) is 0 Å². The van der Waals surface area contributed by atoms with Crippen molar-refractivity contribution >= 4 is 5.97 Å². The molecule has 1 aromatic rings. The summed E-state index contributed by atoms with van der Waals surface area (Å²) in [6.45, 7) is 5.33. The molecule has 1 aromatic heterocycles. The van der Waals surface area contributed by atoms with Crippen molar-refractivity contribution < 1.29 is 19.4 Å². The van der Waals surface area contributed by atoms with Gasteiger partial charge < -0.3 is 14.6 Å². The number of carboxylic acid groups (broad SMARTS) is 1. The molecule has 1 fully saturated rings. The molecule has 19 heavy (non-hydrogen) atoms. The fourth-order valence-electron chi connectivity index (χ4n) is 2.29. The normalized spacial score (nSPS) is 18.2. The second-order valence-electron chi connectivity index (χ2n) is 4.56. The standard InChI is InChI=1S/C13H18N2O4/c1-3-19-13(4-6-18-7-5-13)12-14-9(2)8-10(15-12)11(16)17/h8H,3-7H2,1-2H3,(H,16,17). The maximum absolute atomic E-state index is 11.1. The first-order chi connectivity index (χ1) is 9.07. The molecule has 0 amide bonds. The zero-order valence-corrected chi connectivity index (χ0v) is 11.2. The van der Waals surface area contributed by atoms with Crippen molar-refractivity contribution in [2.24, 2.45) is 0 Å². The van der Waals surface area contributed by atoms with Crippen LogP contribution in [0.2, 0.25) is 0 Å². The highest BCUT2D eigenvalue weighted by atomic mass is 16.5. The SMILES string of the molecule is CCOC1(c2nc(C)cc(C(=O)O)n2)CCOCC1. The van der Waals surface area contributed by atoms with Gasteiger partial charge in [-0.15, -0.1) is 0 Å². The molecule has 1 aliphatic heterocycles. The Kier molecular flexibility index (Phi) is 4.11. The first-order valence-electron chi connectivity index (χ1n) is 6.38. The third-order valence-electron chi connectivity index (χ3n) is 3.20. The predicted octanol–water partition coefficient (Wildman–Crippen LogP) is 1.53. The largest absolute Gasteiger partial charge is 0.477 e. The van der Waals surface area contributed by atoms with Gasteiger partial charge >= 0.3 is 5.97 Å². The molecule has 1 N–H and O–H groups in total. The maximum Gasteiger partial charge on any atom is 0.354 e. The summed E-state index contributed by atoms with van der Waals surface area (Å²) < 4.78 is 11.2. The highest BCUT2D eigenvalue weighted by Crippen LogP contribution is 2.34. The number of carbonyl (C=O) groups is 1. The van der Waals surface area contributed by atoms with Gasteiger partial charge in [-0.1, -0.05) is 0 Å². The van der Waals surface area contributed by atoms with E-state index in [-0.39, 0.29) is 5.69 Å². The molecule has 2 rings (SSSR count). The molecule has 0 atom stereocenters. The first-order valence-corrected chi connectivity index (χ1v) is 6.38. The van der Waals surface area contributed by atoms with Crippen molar-refractivity contribution in [1.29, 1.82) is 0 Å². The Labute approximate surface area is 111 Å². The number of aromatic nitrogens is 2. The zero-order chi connectivity index (χ0) is 13.9. The van der Waals surface area contributed by atoms with Crippen LogP contribution in [-0.4, -0.2) is 40.9 Å². The lowest BCUT2D eigenvalue weighted by molar-refractivity contribution is -0.118. The van der Waals surface area contributed by atoms with Gasteiger partial charge in [0.2, 0.25) is 0 Å². The minimum absolute atomic E-state index is 0.00747. The lowest BCUT2D eigenvalue weighted by atomic mass is 9.92. The van der Waals surface area contributed by atoms with E-state index in [4.69, 9.17) is 14.6 Å². The molecule has 2 heterocycles. The Balaban J connectivity index is 2.43. The Morgan fingerprint density at radius 1 is 1.47 bits per heavy atom. The quantitative estimate of drug-likeness (QED) is 0.890. The van der Waals surface area contributed by atoms with E-state index < -0.39 is 11.6 Å². The summed E-state index contributed by atoms with van der Waals surface area (Å²) in [5, 5.41) is 9.09. The summed E-state index contributed by atoms with van der Waals surface area (Å²) in [7, 11) is 0. The van der Waals surface area contributed by atoms with Crippen molar-refractivity contribution in [3.63, 3.8) is 0 Å². The van der Waals surface area contributed by atoms with Gasteiger partial charge in [-0.2, -0.15) is 0 Å². The van der Waals surface area contributed by atoms with Gasteiger partial charge in [0.15, 0.2) is 11.5 Å². The average Bonchev–Trinajstić information content (AvgIpc) is 2.39. The third-order valence-corrected chi connectivity index (χ3v) is 3.20. The van der Waals surface area contributed by atoms with E-state index in [2.05, 4.69) is 9.97 Å². The van der Waals surface area contributed by atoms with Crippen LogP contribution < -0.4 is 0 Å². The molecule has 0 unspecified atom stereocenters. The third kappa shape index (κ3) is 2.90. The molecular weight excluding hydrogens is 248 g/mol. The summed E-state index contributed by atoms with van der Waals surface area (Å²) in [6, 6.07) is 1.46. The second kappa shape index (κ2) is 5.63. The Bertz CT molecular complexity index is 464. The summed E-state index contributed by atoms with van der Waals surface area (Å²) in [4.78, 5) is 19.6. The van der Waals surface area contributed by atoms with Gasteiger partial charge in [0.25, 0.3) is 0 Å². The minimum Gasteiger partial charge on any atom is -0.477 e. The topological polar surface area (TPSA) is 81.5 Å². The van der Waals surface area contributed by atoms with Gasteiger partial charge in [-0.3, -0.25) is 0 Å². The fraction of sp³-hybridized carbons (Fsp3) is 0.615. The molecule has 0 aliphatic carbocycles. The number of aromatic carboxylic acids is 1. The van der Waals surface area contributed by atoms with Crippen LogP contribution in [0.4, 0.5) is 0 Å². The van der Waals surface area contributed by atoms with Crippen molar-refractivity contribution in [2.75, 3.05) is 19.8 Å². The monoisotopic (exact) mass is 266 g/mol. The van der Waals surface area contributed by atoms with Gasteiger partial charge in [0.05, 0.1) is 0 Å². The van der Waals surface area contributed by atoms with E-state index in [1.165, 1.54) is 6.07 Å². The van der Waals surface area contributed by atoms with Crippen molar-refractivity contribution in [2.45, 2.75) is 32.3 Å². The molecule has 0 spiro atoms. The molecule has 0 saturated carbocycles. The van der Waals surface area contributed by atoms with Crippen molar-refractivity contribution in [3.8, 4) is 0 Å². The number of hydrogen-bond donors (Lipinski definition) is 1. The molecule has 0 bridgehead atoms. The first kappa shape index (κ1) is 13.9. The highest BCUT2D eigenvalue weighted by Gasteiger charge is 2.38. The van der Waals surface area contributed by atoms with E-state index in [1.54, 1.807) is 6.92 Å². The predicted molar refractivity (Wildman–Crippen MR) is 67.1 cm³/mol. The second-order valence-corrected chi connectivity index (χ2v) is 4.56. The fourth-order valence-corrected chi connectivity index (χ4v) is 2.29. The number of aryl methyl sites for hydroxylation is 1. The van der Waals surface area contributed by atoms with Crippen LogP contribution in [0.15, 0.2) is 6.07 Å². The van der Waals surface area contributed by atoms with Crippen LogP contribution in [0.5, 0.6) is 0 Å². The van der Waals surface area contributed by atoms with E-state index in [9.17, 15) is 4.79 Å². The smallest absolute Gasteiger partial charge is 0.354 e. The van der Waals surface area contributed by atoms with E-state index in [0.717, 1.165) is 0 Å². The lowest BCUT2D eigenvalue weighted by Crippen LogP contribution is -2.38. The highest BCUT2D eigenvalue weighted by molar-refractivity contribution is 5.85. The maximum atomic E-state index is 11.1. The molecule has 6 heteroatoms. The Morgan fingerprint density at radius 2 is 2.16 bits per heavy atom. The summed E-state index contributed by atoms with van der Waals surface area (Å²) >= 11 is 0. The van der Waals surface area contributed by atoms with Crippen LogP contribution in [0, 0.1) is 6.92 Å². The van der Waals surface area contributed by atoms with E-state index in [1.807, 2.05) is 6.92 Å². The summed E-state index contributed by atoms with van der Waals surface area (Å²) in [5.41, 5.74) is 0.0180. The van der Waals surface area contributed by atoms with E-state index in [0.29, 0.717) is 44.2 Å². The van der Waals surface area contributed by atoms with Gasteiger partial charge in [0, 0.05) is 38.4 Å². The molecule has 1 aliphatic rings. The Morgan fingerprint density at radius 3 is 2.74 bits per heavy atom. The number of ether oxygens (including phenoxy) is 2. The molecular formula is C13H18N2O4. The van der Waals surface area contributed by atoms with Crippen LogP contribution in [-0.2, 0) is 15.1 Å². The van der Waals surface area contributed by atoms with Gasteiger partial charge in [0.1, 0.15) is 5.60 Å². The van der Waals surface area contributed by atoms with Crippen molar-refractivity contribution in [3.05, 3.63) is 23.3 Å². The molecule has 1 saturated heterocycles. The van der Waals surface area contributed by atoms with Crippen LogP contribution in [0.1, 0.15) is 41.8 Å². The minimum atomic E-state index is -1.05.